The Bertz CT molecular complexity index is 1010. The second-order valence-electron chi connectivity index (χ2n) is 6.96. The van der Waals surface area contributed by atoms with Crippen molar-refractivity contribution >= 4 is 33.6 Å². The lowest BCUT2D eigenvalue weighted by Gasteiger charge is -2.35. The number of carbonyl (C=O) groups is 3. The Morgan fingerprint density at radius 3 is 2.69 bits per heavy atom. The number of rotatable bonds is 3. The number of aliphatic imine (C=N–C) groups is 1. The first-order valence-corrected chi connectivity index (χ1v) is 10.7. The van der Waals surface area contributed by atoms with Gasteiger partial charge in [0.2, 0.25) is 16.0 Å². The van der Waals surface area contributed by atoms with Crippen LogP contribution in [-0.2, 0) is 31.0 Å². The summed E-state index contributed by atoms with van der Waals surface area (Å²) < 4.78 is 39.0. The van der Waals surface area contributed by atoms with Gasteiger partial charge in [0.05, 0.1) is 5.75 Å². The van der Waals surface area contributed by atoms with Crippen LogP contribution in [0.15, 0.2) is 23.2 Å². The lowest BCUT2D eigenvalue weighted by atomic mass is 10.1. The van der Waals surface area contributed by atoms with Gasteiger partial charge in [0.1, 0.15) is 5.82 Å². The van der Waals surface area contributed by atoms with Gasteiger partial charge in [-0.2, -0.15) is 0 Å². The van der Waals surface area contributed by atoms with E-state index in [4.69, 9.17) is 0 Å². The lowest BCUT2D eigenvalue weighted by molar-refractivity contribution is -0.145. The average Bonchev–Trinajstić information content (AvgIpc) is 2.67. The Morgan fingerprint density at radius 2 is 2.03 bits per heavy atom. The molecule has 29 heavy (non-hydrogen) atoms. The van der Waals surface area contributed by atoms with Crippen LogP contribution in [0.4, 0.5) is 4.39 Å². The number of amides is 2. The molecule has 9 nitrogen and oxygen atoms in total. The first-order chi connectivity index (χ1) is 13.6. The number of carbonyl (C=O) groups excluding carboxylic acids is 3. The van der Waals surface area contributed by atoms with Crippen molar-refractivity contribution in [3.63, 3.8) is 0 Å². The first kappa shape index (κ1) is 20.9. The number of Topliss-reactive ketones (excluding diaryl/α,β-unsaturated/α-hetero) is 1. The van der Waals surface area contributed by atoms with Crippen LogP contribution in [0, 0.1) is 12.7 Å². The maximum atomic E-state index is 13.4. The van der Waals surface area contributed by atoms with E-state index in [1.807, 2.05) is 0 Å². The average molecular weight is 424 g/mol. The van der Waals surface area contributed by atoms with Crippen LogP contribution < -0.4 is 5.32 Å². The molecule has 2 aliphatic heterocycles. The number of guanidine groups is 1. The van der Waals surface area contributed by atoms with E-state index in [0.717, 1.165) is 9.21 Å². The molecule has 1 N–H and O–H groups in total. The molecule has 1 aromatic rings. The second kappa shape index (κ2) is 7.90. The molecule has 1 fully saturated rings. The maximum Gasteiger partial charge on any atom is 0.299 e. The van der Waals surface area contributed by atoms with Gasteiger partial charge in [-0.1, -0.05) is 12.1 Å². The molecule has 0 saturated carbocycles. The summed E-state index contributed by atoms with van der Waals surface area (Å²) in [6.45, 7) is 1.70. The van der Waals surface area contributed by atoms with Crippen molar-refractivity contribution < 1.29 is 27.2 Å². The molecule has 1 saturated heterocycles. The molecule has 3 rings (SSSR count). The monoisotopic (exact) mass is 424 g/mol. The summed E-state index contributed by atoms with van der Waals surface area (Å²) in [7, 11) is -2.43. The number of aryl methyl sites for hydroxylation is 1. The normalized spacial score (nSPS) is 21.8. The molecule has 0 radical (unpaired) electrons. The van der Waals surface area contributed by atoms with E-state index in [9.17, 15) is 27.2 Å². The largest absolute Gasteiger partial charge is 0.350 e. The van der Waals surface area contributed by atoms with Gasteiger partial charge in [0.25, 0.3) is 17.6 Å². The van der Waals surface area contributed by atoms with Crippen LogP contribution in [0.1, 0.15) is 24.0 Å². The van der Waals surface area contributed by atoms with Crippen molar-refractivity contribution in [2.45, 2.75) is 32.4 Å². The summed E-state index contributed by atoms with van der Waals surface area (Å²) in [6, 6.07) is 2.62. The Hall–Kier alpha value is -2.82. The number of benzene rings is 1. The smallest absolute Gasteiger partial charge is 0.299 e. The van der Waals surface area contributed by atoms with Crippen LogP contribution in [0.5, 0.6) is 0 Å². The fraction of sp³-hybridized carbons (Fsp3) is 0.444. The quantitative estimate of drug-likeness (QED) is 0.539. The van der Waals surface area contributed by atoms with Crippen molar-refractivity contribution in [1.82, 2.24) is 14.5 Å². The SMILES string of the molecule is Cc1cc(CNC(=O)C2N=C(N3CCCCS3(=O)=O)N(C)C(=O)C2=O)ccc1F. The van der Waals surface area contributed by atoms with E-state index < -0.39 is 33.7 Å². The van der Waals surface area contributed by atoms with Crippen LogP contribution in [-0.4, -0.2) is 66.6 Å². The second-order valence-corrected chi connectivity index (χ2v) is 8.97. The minimum absolute atomic E-state index is 0.000624. The van der Waals surface area contributed by atoms with Gasteiger partial charge in [0.15, 0.2) is 6.04 Å². The van der Waals surface area contributed by atoms with Gasteiger partial charge in [-0.3, -0.25) is 19.3 Å². The van der Waals surface area contributed by atoms with Crippen molar-refractivity contribution in [3.8, 4) is 0 Å². The molecule has 156 valence electrons. The molecular formula is C18H21FN4O5S. The van der Waals surface area contributed by atoms with E-state index >= 15 is 0 Å². The first-order valence-electron chi connectivity index (χ1n) is 9.04. The van der Waals surface area contributed by atoms with Crippen LogP contribution in [0.2, 0.25) is 0 Å². The molecule has 0 aromatic heterocycles. The summed E-state index contributed by atoms with van der Waals surface area (Å²) in [6.07, 6.45) is 1.07. The number of nitrogens with one attached hydrogen (secondary N) is 1. The number of likely N-dealkylation sites (N-methyl/N-ethyl adjacent to an activating group) is 1. The fourth-order valence-electron chi connectivity index (χ4n) is 3.16. The molecule has 0 bridgehead atoms. The third-order valence-electron chi connectivity index (χ3n) is 4.82. The summed E-state index contributed by atoms with van der Waals surface area (Å²) >= 11 is 0. The molecule has 1 aromatic carbocycles. The molecule has 2 amide bonds. The minimum Gasteiger partial charge on any atom is -0.350 e. The Labute approximate surface area is 167 Å². The number of hydrogen-bond acceptors (Lipinski definition) is 6. The number of nitrogens with zero attached hydrogens (tertiary/aromatic N) is 3. The van der Waals surface area contributed by atoms with Crippen molar-refractivity contribution in [1.29, 1.82) is 0 Å². The van der Waals surface area contributed by atoms with Gasteiger partial charge in [0, 0.05) is 20.1 Å². The zero-order chi connectivity index (χ0) is 21.3. The third kappa shape index (κ3) is 4.14. The highest BCUT2D eigenvalue weighted by Gasteiger charge is 2.43. The van der Waals surface area contributed by atoms with Gasteiger partial charge in [-0.15, -0.1) is 0 Å². The van der Waals surface area contributed by atoms with Crippen LogP contribution >= 0.6 is 0 Å². The van der Waals surface area contributed by atoms with Gasteiger partial charge < -0.3 is 5.32 Å². The van der Waals surface area contributed by atoms with Crippen molar-refractivity contribution in [2.75, 3.05) is 19.3 Å². The number of hydrogen-bond donors (Lipinski definition) is 1. The van der Waals surface area contributed by atoms with E-state index in [-0.39, 0.29) is 30.6 Å². The molecule has 2 aliphatic rings. The van der Waals surface area contributed by atoms with Gasteiger partial charge >= 0.3 is 0 Å². The number of sulfonamides is 1. The molecule has 1 atom stereocenters. The summed E-state index contributed by atoms with van der Waals surface area (Å²) in [5.41, 5.74) is 1.00. The van der Waals surface area contributed by atoms with Crippen molar-refractivity contribution in [2.24, 2.45) is 4.99 Å². The van der Waals surface area contributed by atoms with E-state index in [2.05, 4.69) is 10.3 Å². The van der Waals surface area contributed by atoms with Crippen molar-refractivity contribution in [3.05, 3.63) is 35.1 Å². The van der Waals surface area contributed by atoms with E-state index in [1.165, 1.54) is 19.2 Å². The highest BCUT2D eigenvalue weighted by Crippen LogP contribution is 2.19. The Kier molecular flexibility index (Phi) is 5.69. The highest BCUT2D eigenvalue weighted by molar-refractivity contribution is 7.89. The van der Waals surface area contributed by atoms with E-state index in [1.54, 1.807) is 13.0 Å². The molecule has 0 aliphatic carbocycles. The summed E-state index contributed by atoms with van der Waals surface area (Å²) in [5, 5.41) is 2.50. The Balaban J connectivity index is 1.83. The molecule has 11 heteroatoms. The molecule has 2 heterocycles. The standard InChI is InChI=1S/C18H21FN4O5S/c1-11-9-12(5-6-13(11)19)10-20-16(25)14-15(24)17(26)22(2)18(21-14)23-7-3-4-8-29(23,27)28/h5-6,9,14H,3-4,7-8,10H2,1-2H3,(H,20,25). The predicted octanol–water partition coefficient (Wildman–Crippen LogP) is -0.0584. The minimum atomic E-state index is -3.68. The Morgan fingerprint density at radius 1 is 1.31 bits per heavy atom. The molecular weight excluding hydrogens is 403 g/mol. The number of halogens is 1. The third-order valence-corrected chi connectivity index (χ3v) is 6.64. The highest BCUT2D eigenvalue weighted by atomic mass is 32.2. The van der Waals surface area contributed by atoms with Gasteiger partial charge in [-0.25, -0.2) is 22.1 Å². The van der Waals surface area contributed by atoms with E-state index in [0.29, 0.717) is 24.0 Å². The van der Waals surface area contributed by atoms with Crippen LogP contribution in [0.25, 0.3) is 0 Å². The zero-order valence-corrected chi connectivity index (χ0v) is 16.8. The number of ketones is 1. The topological polar surface area (TPSA) is 116 Å². The lowest BCUT2D eigenvalue weighted by Crippen LogP contribution is -2.58. The van der Waals surface area contributed by atoms with Gasteiger partial charge in [-0.05, 0) is 37.0 Å². The molecule has 0 spiro atoms. The maximum absolute atomic E-state index is 13.4. The van der Waals surface area contributed by atoms with Crippen LogP contribution in [0.3, 0.4) is 0 Å². The summed E-state index contributed by atoms with van der Waals surface area (Å²) in [5.74, 6) is -3.58. The predicted molar refractivity (Wildman–Crippen MR) is 102 cm³/mol. The molecule has 1 unspecified atom stereocenters. The zero-order valence-electron chi connectivity index (χ0n) is 16.0. The fourth-order valence-corrected chi connectivity index (χ4v) is 4.77. The summed E-state index contributed by atoms with van der Waals surface area (Å²) in [4.78, 5) is 42.0.